The number of nitriles is 1. The van der Waals surface area contributed by atoms with Gasteiger partial charge in [-0.05, 0) is 47.4 Å². The van der Waals surface area contributed by atoms with E-state index in [9.17, 15) is 14.9 Å². The summed E-state index contributed by atoms with van der Waals surface area (Å²) in [4.78, 5) is 31.9. The molecule has 0 aliphatic rings. The number of aromatic nitrogens is 4. The van der Waals surface area contributed by atoms with E-state index in [0.29, 0.717) is 22.9 Å². The number of hydrogen-bond donors (Lipinski definition) is 0. The zero-order chi connectivity index (χ0) is 26.6. The third-order valence-corrected chi connectivity index (χ3v) is 6.52. The molecule has 2 heterocycles. The van der Waals surface area contributed by atoms with Gasteiger partial charge in [-0.15, -0.1) is 0 Å². The van der Waals surface area contributed by atoms with Crippen LogP contribution in [0.15, 0.2) is 94.8 Å². The molecule has 3 aromatic carbocycles. The maximum Gasteiger partial charge on any atom is 0.337 e. The van der Waals surface area contributed by atoms with E-state index >= 15 is 0 Å². The van der Waals surface area contributed by atoms with Crippen molar-refractivity contribution in [3.05, 3.63) is 123 Å². The average Bonchev–Trinajstić information content (AvgIpc) is 3.35. The molecule has 0 amide bonds. The Bertz CT molecular complexity index is 1740. The topological polar surface area (TPSA) is 94.8 Å². The number of benzene rings is 3. The Kier molecular flexibility index (Phi) is 6.92. The summed E-state index contributed by atoms with van der Waals surface area (Å²) in [5.41, 5.74) is 2.64. The van der Waals surface area contributed by atoms with E-state index in [1.54, 1.807) is 23.0 Å². The van der Waals surface area contributed by atoms with Crippen LogP contribution in [0.2, 0.25) is 0 Å². The van der Waals surface area contributed by atoms with Crippen molar-refractivity contribution in [2.24, 2.45) is 0 Å². The summed E-state index contributed by atoms with van der Waals surface area (Å²) in [6.45, 7) is 4.68. The maximum absolute atomic E-state index is 13.7. The Morgan fingerprint density at radius 2 is 1.66 bits per heavy atom. The van der Waals surface area contributed by atoms with Crippen LogP contribution in [0.4, 0.5) is 0 Å². The van der Waals surface area contributed by atoms with Gasteiger partial charge in [0.2, 0.25) is 0 Å². The first kappa shape index (κ1) is 24.8. The molecular weight excluding hydrogens is 478 g/mol. The van der Waals surface area contributed by atoms with Gasteiger partial charge in [-0.2, -0.15) is 5.26 Å². The average molecular weight is 506 g/mol. The normalized spacial score (nSPS) is 11.1. The van der Waals surface area contributed by atoms with Crippen LogP contribution in [-0.2, 0) is 13.1 Å². The molecule has 0 unspecified atom stereocenters. The van der Waals surface area contributed by atoms with E-state index in [-0.39, 0.29) is 30.9 Å². The Morgan fingerprint density at radius 3 is 2.37 bits per heavy atom. The first-order valence-electron chi connectivity index (χ1n) is 12.4. The smallest absolute Gasteiger partial charge is 0.337 e. The fourth-order valence-electron chi connectivity index (χ4n) is 4.46. The van der Waals surface area contributed by atoms with Gasteiger partial charge in [-0.1, -0.05) is 62.4 Å². The molecule has 5 aromatic rings. The van der Waals surface area contributed by atoms with E-state index in [2.05, 4.69) is 24.9 Å². The minimum Gasteiger partial charge on any atom is -0.492 e. The molecule has 0 spiro atoms. The molecule has 8 nitrogen and oxygen atoms in total. The predicted octanol–water partition coefficient (Wildman–Crippen LogP) is 4.47. The zero-order valence-electron chi connectivity index (χ0n) is 21.2. The molecule has 0 fully saturated rings. The van der Waals surface area contributed by atoms with E-state index in [1.807, 2.05) is 66.7 Å². The number of para-hydroxylation sites is 1. The standard InChI is InChI=1S/C30H27N5O3/c1-21(2)22-12-14-25(15-13-22)35-28-27(33(20-32-28)19-24-9-7-6-8-23(24)18-31)29(36)34(30(35)37)16-17-38-26-10-4-3-5-11-26/h3-15,20-21H,16-17,19H2,1-2H3. The minimum atomic E-state index is -0.487. The molecule has 0 bridgehead atoms. The van der Waals surface area contributed by atoms with E-state index < -0.39 is 11.2 Å². The molecule has 8 heteroatoms. The van der Waals surface area contributed by atoms with Gasteiger partial charge < -0.3 is 9.30 Å². The minimum absolute atomic E-state index is 0.0620. The van der Waals surface area contributed by atoms with Gasteiger partial charge in [-0.25, -0.2) is 14.3 Å². The monoisotopic (exact) mass is 505 g/mol. The Hall–Kier alpha value is -4.90. The van der Waals surface area contributed by atoms with Crippen LogP contribution in [-0.4, -0.2) is 25.3 Å². The zero-order valence-corrected chi connectivity index (χ0v) is 21.2. The number of imidazole rings is 1. The van der Waals surface area contributed by atoms with Crippen molar-refractivity contribution in [2.75, 3.05) is 6.61 Å². The summed E-state index contributed by atoms with van der Waals surface area (Å²) in [5, 5.41) is 9.54. The fourth-order valence-corrected chi connectivity index (χ4v) is 4.46. The van der Waals surface area contributed by atoms with Gasteiger partial charge in [0.25, 0.3) is 5.56 Å². The largest absolute Gasteiger partial charge is 0.492 e. The molecule has 0 radical (unpaired) electrons. The van der Waals surface area contributed by atoms with Crippen molar-refractivity contribution in [3.8, 4) is 17.5 Å². The van der Waals surface area contributed by atoms with Crippen LogP contribution in [0.5, 0.6) is 5.75 Å². The van der Waals surface area contributed by atoms with Crippen LogP contribution in [0.25, 0.3) is 16.9 Å². The number of fused-ring (bicyclic) bond motifs is 1. The van der Waals surface area contributed by atoms with Gasteiger partial charge in [0, 0.05) is 0 Å². The molecule has 0 aliphatic heterocycles. The summed E-state index contributed by atoms with van der Waals surface area (Å²) in [5.74, 6) is 0.994. The third kappa shape index (κ3) is 4.74. The SMILES string of the molecule is CC(C)c1ccc(-n2c(=O)n(CCOc3ccccc3)c(=O)c3c2ncn3Cc2ccccc2C#N)cc1. The summed E-state index contributed by atoms with van der Waals surface area (Å²) in [6, 6.07) is 26.4. The highest BCUT2D eigenvalue weighted by Crippen LogP contribution is 2.19. The van der Waals surface area contributed by atoms with E-state index in [0.717, 1.165) is 11.1 Å². The van der Waals surface area contributed by atoms with Gasteiger partial charge >= 0.3 is 5.69 Å². The third-order valence-electron chi connectivity index (χ3n) is 6.52. The molecule has 0 aliphatic carbocycles. The van der Waals surface area contributed by atoms with E-state index in [4.69, 9.17) is 4.74 Å². The second kappa shape index (κ2) is 10.6. The maximum atomic E-state index is 13.7. The second-order valence-corrected chi connectivity index (χ2v) is 9.30. The predicted molar refractivity (Wildman–Crippen MR) is 146 cm³/mol. The van der Waals surface area contributed by atoms with Crippen molar-refractivity contribution in [2.45, 2.75) is 32.9 Å². The fraction of sp³-hybridized carbons (Fsp3) is 0.200. The second-order valence-electron chi connectivity index (χ2n) is 9.30. The summed E-state index contributed by atoms with van der Waals surface area (Å²) in [7, 11) is 0. The summed E-state index contributed by atoms with van der Waals surface area (Å²) >= 11 is 0. The van der Waals surface area contributed by atoms with Crippen LogP contribution >= 0.6 is 0 Å². The molecule has 38 heavy (non-hydrogen) atoms. The van der Waals surface area contributed by atoms with Crippen molar-refractivity contribution in [3.63, 3.8) is 0 Å². The van der Waals surface area contributed by atoms with Crippen molar-refractivity contribution in [1.29, 1.82) is 5.26 Å². The Balaban J connectivity index is 1.64. The molecule has 190 valence electrons. The molecule has 5 rings (SSSR count). The molecule has 0 saturated carbocycles. The van der Waals surface area contributed by atoms with Gasteiger partial charge in [-0.3, -0.25) is 9.36 Å². The Labute approximate surface area is 219 Å². The quantitative estimate of drug-likeness (QED) is 0.310. The summed E-state index contributed by atoms with van der Waals surface area (Å²) < 4.78 is 10.1. The lowest BCUT2D eigenvalue weighted by Gasteiger charge is -2.14. The van der Waals surface area contributed by atoms with Crippen molar-refractivity contribution < 1.29 is 4.74 Å². The van der Waals surface area contributed by atoms with Crippen LogP contribution in [0.1, 0.15) is 36.5 Å². The van der Waals surface area contributed by atoms with Crippen LogP contribution in [0.3, 0.4) is 0 Å². The lowest BCUT2D eigenvalue weighted by Crippen LogP contribution is -2.41. The van der Waals surface area contributed by atoms with Gasteiger partial charge in [0.05, 0.1) is 36.7 Å². The summed E-state index contributed by atoms with van der Waals surface area (Å²) in [6.07, 6.45) is 1.55. The van der Waals surface area contributed by atoms with Crippen molar-refractivity contribution >= 4 is 11.2 Å². The highest BCUT2D eigenvalue weighted by molar-refractivity contribution is 5.72. The molecule has 0 N–H and O–H groups in total. The number of hydrogen-bond acceptors (Lipinski definition) is 5. The lowest BCUT2D eigenvalue weighted by atomic mass is 10.0. The van der Waals surface area contributed by atoms with E-state index in [1.165, 1.54) is 9.13 Å². The highest BCUT2D eigenvalue weighted by Gasteiger charge is 2.20. The molecule has 2 aromatic heterocycles. The first-order chi connectivity index (χ1) is 18.5. The molecule has 0 atom stereocenters. The van der Waals surface area contributed by atoms with Crippen LogP contribution in [0, 0.1) is 11.3 Å². The van der Waals surface area contributed by atoms with Crippen molar-refractivity contribution in [1.82, 2.24) is 18.7 Å². The number of nitrogens with zero attached hydrogens (tertiary/aromatic N) is 5. The number of ether oxygens (including phenoxy) is 1. The van der Waals surface area contributed by atoms with Crippen LogP contribution < -0.4 is 16.0 Å². The first-order valence-corrected chi connectivity index (χ1v) is 12.4. The molecular formula is C30H27N5O3. The van der Waals surface area contributed by atoms with Gasteiger partial charge in [0.1, 0.15) is 12.4 Å². The highest BCUT2D eigenvalue weighted by atomic mass is 16.5. The van der Waals surface area contributed by atoms with Gasteiger partial charge in [0.15, 0.2) is 11.2 Å². The molecule has 0 saturated heterocycles. The number of rotatable bonds is 8. The Morgan fingerprint density at radius 1 is 0.947 bits per heavy atom. The lowest BCUT2D eigenvalue weighted by molar-refractivity contribution is 0.293.